The van der Waals surface area contributed by atoms with Crippen LogP contribution in [-0.4, -0.2) is 46.9 Å². The molecule has 2 aromatic heterocycles. The van der Waals surface area contributed by atoms with Gasteiger partial charge in [0, 0.05) is 16.5 Å². The SMILES string of the molecule is CCCOc1c(Cl)cc(-c2nc(-c3ccc4oc(C5(NC(=O)O)COC(C)(C)OC5)cc4c3)no2)cc1Cl. The summed E-state index contributed by atoms with van der Waals surface area (Å²) >= 11 is 12.7. The van der Waals surface area contributed by atoms with Crippen LogP contribution in [0, 0.1) is 0 Å². The van der Waals surface area contributed by atoms with Crippen LogP contribution in [0.4, 0.5) is 4.79 Å². The van der Waals surface area contributed by atoms with E-state index >= 15 is 0 Å². The number of halogens is 2. The van der Waals surface area contributed by atoms with Gasteiger partial charge < -0.3 is 33.6 Å². The standard InChI is InChI=1S/C26H25Cl2N3O7/c1-4-7-34-21-17(27)9-16(10-18(21)28)23-29-22(31-38-23)14-5-6-19-15(8-14)11-20(37-19)26(30-24(32)33)12-35-25(2,3)36-13-26/h5-6,8-11,30H,4,7,12-13H2,1-3H3,(H,32,33). The van der Waals surface area contributed by atoms with E-state index < -0.39 is 17.4 Å². The minimum absolute atomic E-state index is 0.0422. The highest BCUT2D eigenvalue weighted by Gasteiger charge is 2.45. The Morgan fingerprint density at radius 1 is 1.11 bits per heavy atom. The number of benzene rings is 2. The van der Waals surface area contributed by atoms with Gasteiger partial charge in [0.15, 0.2) is 11.5 Å². The van der Waals surface area contributed by atoms with Crippen molar-refractivity contribution in [2.24, 2.45) is 0 Å². The van der Waals surface area contributed by atoms with Crippen LogP contribution >= 0.6 is 23.2 Å². The van der Waals surface area contributed by atoms with Crippen molar-refractivity contribution >= 4 is 40.3 Å². The summed E-state index contributed by atoms with van der Waals surface area (Å²) in [6, 6.07) is 10.4. The zero-order valence-corrected chi connectivity index (χ0v) is 22.4. The number of fused-ring (bicyclic) bond motifs is 1. The first-order chi connectivity index (χ1) is 18.1. The number of carboxylic acid groups (broad SMARTS) is 1. The fourth-order valence-electron chi connectivity index (χ4n) is 4.06. The number of hydrogen-bond donors (Lipinski definition) is 2. The molecule has 5 rings (SSSR count). The van der Waals surface area contributed by atoms with Crippen LogP contribution < -0.4 is 10.1 Å². The predicted molar refractivity (Wildman–Crippen MR) is 140 cm³/mol. The summed E-state index contributed by atoms with van der Waals surface area (Å²) in [6.07, 6.45) is -0.400. The lowest BCUT2D eigenvalue weighted by atomic mass is 9.96. The van der Waals surface area contributed by atoms with Gasteiger partial charge in [-0.1, -0.05) is 35.3 Å². The Kier molecular flexibility index (Phi) is 6.99. The third-order valence-corrected chi connectivity index (χ3v) is 6.61. The van der Waals surface area contributed by atoms with Gasteiger partial charge in [-0.05, 0) is 56.7 Å². The molecule has 1 amide bonds. The van der Waals surface area contributed by atoms with Crippen molar-refractivity contribution in [2.75, 3.05) is 19.8 Å². The van der Waals surface area contributed by atoms with E-state index in [1.54, 1.807) is 44.2 Å². The maximum absolute atomic E-state index is 11.6. The quantitative estimate of drug-likeness (QED) is 0.260. The van der Waals surface area contributed by atoms with Gasteiger partial charge in [0.05, 0.1) is 29.9 Å². The summed E-state index contributed by atoms with van der Waals surface area (Å²) in [5, 5.41) is 17.5. The lowest BCUT2D eigenvalue weighted by molar-refractivity contribution is -0.274. The van der Waals surface area contributed by atoms with Crippen molar-refractivity contribution in [3.63, 3.8) is 0 Å². The second-order valence-corrected chi connectivity index (χ2v) is 10.2. The number of amides is 1. The maximum Gasteiger partial charge on any atom is 0.405 e. The van der Waals surface area contributed by atoms with Crippen molar-refractivity contribution in [1.82, 2.24) is 15.5 Å². The molecule has 10 nitrogen and oxygen atoms in total. The first kappa shape index (κ1) is 26.3. The molecule has 200 valence electrons. The molecule has 2 N–H and O–H groups in total. The summed E-state index contributed by atoms with van der Waals surface area (Å²) < 4.78 is 28.6. The molecule has 38 heavy (non-hydrogen) atoms. The van der Waals surface area contributed by atoms with Crippen molar-refractivity contribution in [3.8, 4) is 28.6 Å². The second kappa shape index (κ2) is 10.1. The van der Waals surface area contributed by atoms with Crippen LogP contribution in [0.15, 0.2) is 45.3 Å². The Labute approximate surface area is 227 Å². The van der Waals surface area contributed by atoms with Gasteiger partial charge in [0.1, 0.15) is 16.9 Å². The van der Waals surface area contributed by atoms with E-state index in [0.717, 1.165) is 6.42 Å². The van der Waals surface area contributed by atoms with Crippen LogP contribution in [0.1, 0.15) is 33.0 Å². The Hall–Kier alpha value is -3.31. The fourth-order valence-corrected chi connectivity index (χ4v) is 4.66. The molecule has 0 unspecified atom stereocenters. The summed E-state index contributed by atoms with van der Waals surface area (Å²) in [5.74, 6) is 0.518. The average Bonchev–Trinajstić information content (AvgIpc) is 3.52. The fraction of sp³-hybridized carbons (Fsp3) is 0.346. The molecule has 0 atom stereocenters. The van der Waals surface area contributed by atoms with Crippen molar-refractivity contribution in [3.05, 3.63) is 52.2 Å². The van der Waals surface area contributed by atoms with Crippen LogP contribution in [0.3, 0.4) is 0 Å². The van der Waals surface area contributed by atoms with E-state index in [0.29, 0.717) is 56.1 Å². The summed E-state index contributed by atoms with van der Waals surface area (Å²) in [5.41, 5.74) is 0.560. The molecular formula is C26H25Cl2N3O7. The number of nitrogens with one attached hydrogen (secondary N) is 1. The third-order valence-electron chi connectivity index (χ3n) is 6.05. The number of aromatic nitrogens is 2. The van der Waals surface area contributed by atoms with E-state index in [1.165, 1.54) is 0 Å². The highest BCUT2D eigenvalue weighted by atomic mass is 35.5. The Morgan fingerprint density at radius 3 is 2.47 bits per heavy atom. The van der Waals surface area contributed by atoms with E-state index in [9.17, 15) is 9.90 Å². The highest BCUT2D eigenvalue weighted by molar-refractivity contribution is 6.37. The van der Waals surface area contributed by atoms with Gasteiger partial charge in [0.2, 0.25) is 5.82 Å². The largest absolute Gasteiger partial charge is 0.490 e. The minimum Gasteiger partial charge on any atom is -0.490 e. The molecule has 2 aromatic carbocycles. The van der Waals surface area contributed by atoms with Gasteiger partial charge in [-0.3, -0.25) is 0 Å². The van der Waals surface area contributed by atoms with E-state index in [2.05, 4.69) is 15.5 Å². The molecule has 1 fully saturated rings. The number of hydrogen-bond acceptors (Lipinski definition) is 8. The van der Waals surface area contributed by atoms with Gasteiger partial charge in [-0.15, -0.1) is 0 Å². The molecule has 4 aromatic rings. The smallest absolute Gasteiger partial charge is 0.405 e. The van der Waals surface area contributed by atoms with E-state index in [-0.39, 0.29) is 19.1 Å². The minimum atomic E-state index is -1.22. The van der Waals surface area contributed by atoms with Crippen LogP contribution in [0.25, 0.3) is 33.8 Å². The number of ether oxygens (including phenoxy) is 3. The monoisotopic (exact) mass is 561 g/mol. The molecule has 0 saturated carbocycles. The molecule has 0 bridgehead atoms. The molecule has 1 aliphatic heterocycles. The highest BCUT2D eigenvalue weighted by Crippen LogP contribution is 2.38. The van der Waals surface area contributed by atoms with E-state index in [1.807, 2.05) is 13.0 Å². The first-order valence-electron chi connectivity index (χ1n) is 11.9. The van der Waals surface area contributed by atoms with Gasteiger partial charge in [-0.2, -0.15) is 4.98 Å². The Morgan fingerprint density at radius 2 is 1.82 bits per heavy atom. The lowest BCUT2D eigenvalue weighted by Gasteiger charge is -2.41. The molecule has 0 spiro atoms. The first-order valence-corrected chi connectivity index (χ1v) is 12.6. The third kappa shape index (κ3) is 5.17. The molecule has 1 saturated heterocycles. The normalized spacial score (nSPS) is 16.4. The molecule has 0 aliphatic carbocycles. The number of carbonyl (C=O) groups is 1. The zero-order valence-electron chi connectivity index (χ0n) is 20.8. The summed E-state index contributed by atoms with van der Waals surface area (Å²) in [6.45, 7) is 6.09. The molecule has 12 heteroatoms. The van der Waals surface area contributed by atoms with Crippen molar-refractivity contribution in [1.29, 1.82) is 0 Å². The molecule has 3 heterocycles. The van der Waals surface area contributed by atoms with Crippen LogP contribution in [0.2, 0.25) is 10.0 Å². The summed E-state index contributed by atoms with van der Waals surface area (Å²) in [7, 11) is 0. The molecular weight excluding hydrogens is 537 g/mol. The maximum atomic E-state index is 11.6. The van der Waals surface area contributed by atoms with Gasteiger partial charge >= 0.3 is 6.09 Å². The lowest BCUT2D eigenvalue weighted by Crippen LogP contribution is -2.58. The zero-order chi connectivity index (χ0) is 27.1. The predicted octanol–water partition coefficient (Wildman–Crippen LogP) is 6.49. The number of furan rings is 1. The van der Waals surface area contributed by atoms with Crippen molar-refractivity contribution < 1.29 is 33.1 Å². The molecule has 0 radical (unpaired) electrons. The number of nitrogens with zero attached hydrogens (tertiary/aromatic N) is 2. The topological polar surface area (TPSA) is 129 Å². The van der Waals surface area contributed by atoms with Crippen LogP contribution in [-0.2, 0) is 15.0 Å². The van der Waals surface area contributed by atoms with Crippen LogP contribution in [0.5, 0.6) is 5.75 Å². The number of rotatable bonds is 7. The van der Waals surface area contributed by atoms with E-state index in [4.69, 9.17) is 46.4 Å². The Bertz CT molecular complexity index is 1460. The van der Waals surface area contributed by atoms with Gasteiger partial charge in [-0.25, -0.2) is 4.79 Å². The average molecular weight is 562 g/mol. The second-order valence-electron chi connectivity index (χ2n) is 9.39. The Balaban J connectivity index is 1.44. The van der Waals surface area contributed by atoms with Gasteiger partial charge in [0.25, 0.3) is 5.89 Å². The van der Waals surface area contributed by atoms with Crippen molar-refractivity contribution in [2.45, 2.75) is 38.5 Å². The molecule has 1 aliphatic rings. The summed E-state index contributed by atoms with van der Waals surface area (Å²) in [4.78, 5) is 16.1.